The van der Waals surface area contributed by atoms with Gasteiger partial charge in [-0.25, -0.2) is 0 Å². The predicted molar refractivity (Wildman–Crippen MR) is 187 cm³/mol. The summed E-state index contributed by atoms with van der Waals surface area (Å²) >= 11 is 6.18. The molecule has 2 N–H and O–H groups in total. The standard InChI is InChI=1S/C35H46ClN5O10/c1-25-39-40-35-30(38-34(26-3-5-27(36)6-4-26)29-23-28(45-2)7-8-31(29)41(25)35)24-32(42)37-10-12-47-14-16-49-18-20-51-22-21-50-19-17-48-15-13-46-11-9-33(43)44/h3-8,23,30H,9-22,24H2,1-2H3,(H,37,42)(H,43,44)/t30-/m0/s1. The number of hydrogen-bond acceptors (Lipinski definition) is 12. The number of carboxylic acid groups (broad SMARTS) is 1. The quantitative estimate of drug-likeness (QED) is 0.122. The van der Waals surface area contributed by atoms with E-state index in [0.29, 0.717) is 107 Å². The third-order valence-electron chi connectivity index (χ3n) is 7.52. The van der Waals surface area contributed by atoms with E-state index in [4.69, 9.17) is 54.9 Å². The number of nitrogens with one attached hydrogen (secondary N) is 1. The van der Waals surface area contributed by atoms with Gasteiger partial charge in [0.25, 0.3) is 0 Å². The predicted octanol–water partition coefficient (Wildman–Crippen LogP) is 3.21. The number of aliphatic carboxylic acids is 1. The molecule has 0 aliphatic carbocycles. The number of aromatic nitrogens is 3. The van der Waals surface area contributed by atoms with E-state index in [2.05, 4.69) is 15.5 Å². The van der Waals surface area contributed by atoms with Crippen LogP contribution in [0.5, 0.6) is 5.75 Å². The Bertz CT molecular complexity index is 1550. The van der Waals surface area contributed by atoms with Crippen LogP contribution in [0.2, 0.25) is 5.02 Å². The molecule has 0 spiro atoms. The highest BCUT2D eigenvalue weighted by atomic mass is 35.5. The molecule has 4 rings (SSSR count). The van der Waals surface area contributed by atoms with Crippen LogP contribution < -0.4 is 10.1 Å². The van der Waals surface area contributed by atoms with Gasteiger partial charge in [-0.15, -0.1) is 10.2 Å². The van der Waals surface area contributed by atoms with Crippen molar-refractivity contribution < 1.29 is 47.9 Å². The van der Waals surface area contributed by atoms with E-state index in [0.717, 1.165) is 16.8 Å². The van der Waals surface area contributed by atoms with E-state index in [9.17, 15) is 9.59 Å². The monoisotopic (exact) mass is 731 g/mol. The Balaban J connectivity index is 1.10. The van der Waals surface area contributed by atoms with Gasteiger partial charge in [-0.3, -0.25) is 19.1 Å². The lowest BCUT2D eigenvalue weighted by Crippen LogP contribution is -2.29. The van der Waals surface area contributed by atoms with Crippen molar-refractivity contribution in [3.8, 4) is 11.4 Å². The SMILES string of the molecule is COc1ccc2c(c1)C(c1ccc(Cl)cc1)=N[C@@H](CC(=O)NCCOCCOCCOCCOCCOCCOCCC(=O)O)c1nnc(C)n1-2. The molecule has 0 unspecified atom stereocenters. The number of halogens is 1. The van der Waals surface area contributed by atoms with Crippen molar-refractivity contribution in [3.05, 3.63) is 70.3 Å². The fourth-order valence-electron chi connectivity index (χ4n) is 5.05. The highest BCUT2D eigenvalue weighted by molar-refractivity contribution is 6.30. The van der Waals surface area contributed by atoms with Crippen LogP contribution in [-0.2, 0) is 38.0 Å². The molecule has 15 nitrogen and oxygen atoms in total. The molecular formula is C35H46ClN5O10. The number of carboxylic acids is 1. The Morgan fingerprint density at radius 2 is 1.37 bits per heavy atom. The molecule has 2 aromatic carbocycles. The van der Waals surface area contributed by atoms with Gasteiger partial charge in [-0.1, -0.05) is 23.7 Å². The first-order valence-electron chi connectivity index (χ1n) is 16.8. The third-order valence-corrected chi connectivity index (χ3v) is 7.77. The molecular weight excluding hydrogens is 686 g/mol. The van der Waals surface area contributed by atoms with Gasteiger partial charge >= 0.3 is 5.97 Å². The molecule has 1 amide bonds. The van der Waals surface area contributed by atoms with Crippen molar-refractivity contribution in [2.45, 2.75) is 25.8 Å². The highest BCUT2D eigenvalue weighted by Gasteiger charge is 2.30. The van der Waals surface area contributed by atoms with Crippen molar-refractivity contribution in [1.29, 1.82) is 0 Å². The molecule has 0 fully saturated rings. The molecule has 1 atom stereocenters. The van der Waals surface area contributed by atoms with Crippen molar-refractivity contribution >= 4 is 29.2 Å². The average molecular weight is 732 g/mol. The van der Waals surface area contributed by atoms with Gasteiger partial charge in [0, 0.05) is 22.7 Å². The van der Waals surface area contributed by atoms with E-state index in [1.165, 1.54) is 0 Å². The molecule has 278 valence electrons. The lowest BCUT2D eigenvalue weighted by atomic mass is 10.00. The first kappa shape index (κ1) is 39.8. The molecule has 0 saturated carbocycles. The number of rotatable bonds is 25. The minimum absolute atomic E-state index is 0.0166. The summed E-state index contributed by atoms with van der Waals surface area (Å²) in [5.74, 6) is 0.852. The number of aliphatic imine (C=N–C) groups is 1. The van der Waals surface area contributed by atoms with Crippen molar-refractivity contribution in [1.82, 2.24) is 20.1 Å². The van der Waals surface area contributed by atoms with Gasteiger partial charge in [0.1, 0.15) is 17.6 Å². The maximum absolute atomic E-state index is 13.1. The minimum atomic E-state index is -0.885. The van der Waals surface area contributed by atoms with E-state index in [1.54, 1.807) is 7.11 Å². The molecule has 0 bridgehead atoms. The van der Waals surface area contributed by atoms with Gasteiger partial charge in [0.15, 0.2) is 5.82 Å². The normalized spacial score (nSPS) is 13.6. The van der Waals surface area contributed by atoms with Crippen LogP contribution in [0.3, 0.4) is 0 Å². The van der Waals surface area contributed by atoms with E-state index >= 15 is 0 Å². The second-order valence-corrected chi connectivity index (χ2v) is 11.6. The summed E-state index contributed by atoms with van der Waals surface area (Å²) in [6.45, 7) is 6.80. The highest BCUT2D eigenvalue weighted by Crippen LogP contribution is 2.34. The Morgan fingerprint density at radius 3 is 1.94 bits per heavy atom. The summed E-state index contributed by atoms with van der Waals surface area (Å²) < 4.78 is 40.0. The van der Waals surface area contributed by atoms with Crippen LogP contribution in [0, 0.1) is 6.92 Å². The van der Waals surface area contributed by atoms with Crippen molar-refractivity contribution in [3.63, 3.8) is 0 Å². The lowest BCUT2D eigenvalue weighted by Gasteiger charge is -2.14. The van der Waals surface area contributed by atoms with Crippen LogP contribution in [0.15, 0.2) is 47.5 Å². The summed E-state index contributed by atoms with van der Waals surface area (Å²) in [6, 6.07) is 12.6. The van der Waals surface area contributed by atoms with Crippen LogP contribution in [0.1, 0.15) is 41.7 Å². The molecule has 3 aromatic rings. The summed E-state index contributed by atoms with van der Waals surface area (Å²) in [5.41, 5.74) is 3.22. The molecule has 1 aliphatic rings. The van der Waals surface area contributed by atoms with Gasteiger partial charge in [-0.2, -0.15) is 0 Å². The zero-order chi connectivity index (χ0) is 36.3. The zero-order valence-corrected chi connectivity index (χ0v) is 29.8. The minimum Gasteiger partial charge on any atom is -0.497 e. The number of fused-ring (bicyclic) bond motifs is 3. The van der Waals surface area contributed by atoms with Gasteiger partial charge in [0.2, 0.25) is 5.91 Å². The smallest absolute Gasteiger partial charge is 0.305 e. The Labute approximate surface area is 302 Å². The molecule has 16 heteroatoms. The first-order valence-corrected chi connectivity index (χ1v) is 17.1. The number of carbonyl (C=O) groups is 2. The molecule has 51 heavy (non-hydrogen) atoms. The summed E-state index contributed by atoms with van der Waals surface area (Å²) in [5, 5.41) is 20.8. The summed E-state index contributed by atoms with van der Waals surface area (Å²) in [4.78, 5) is 28.6. The molecule has 0 saturated heterocycles. The number of hydrogen-bond donors (Lipinski definition) is 2. The number of benzene rings is 2. The average Bonchev–Trinajstić information content (AvgIpc) is 3.45. The Hall–Kier alpha value is -3.96. The molecule has 2 heterocycles. The largest absolute Gasteiger partial charge is 0.497 e. The number of methoxy groups -OCH3 is 1. The van der Waals surface area contributed by atoms with Crippen LogP contribution in [0.4, 0.5) is 0 Å². The van der Waals surface area contributed by atoms with Gasteiger partial charge in [-0.05, 0) is 37.3 Å². The Morgan fingerprint density at radius 1 is 0.804 bits per heavy atom. The topological polar surface area (TPSA) is 174 Å². The first-order chi connectivity index (χ1) is 24.9. The van der Waals surface area contributed by atoms with Crippen LogP contribution in [0.25, 0.3) is 5.69 Å². The number of aryl methyl sites for hydroxylation is 1. The van der Waals surface area contributed by atoms with E-state index in [-0.39, 0.29) is 25.4 Å². The van der Waals surface area contributed by atoms with E-state index in [1.807, 2.05) is 54.0 Å². The Kier molecular flexibility index (Phi) is 17.2. The second-order valence-electron chi connectivity index (χ2n) is 11.2. The van der Waals surface area contributed by atoms with E-state index < -0.39 is 12.0 Å². The van der Waals surface area contributed by atoms with Gasteiger partial charge < -0.3 is 43.6 Å². The third kappa shape index (κ3) is 13.3. The summed E-state index contributed by atoms with van der Waals surface area (Å²) in [7, 11) is 1.61. The summed E-state index contributed by atoms with van der Waals surface area (Å²) in [6.07, 6.45) is 0.0482. The molecule has 1 aromatic heterocycles. The number of amides is 1. The van der Waals surface area contributed by atoms with Crippen molar-refractivity contribution in [2.75, 3.05) is 92.9 Å². The fourth-order valence-corrected chi connectivity index (χ4v) is 5.17. The number of carbonyl (C=O) groups excluding carboxylic acids is 1. The van der Waals surface area contributed by atoms with Crippen LogP contribution in [-0.4, -0.2) is 130 Å². The second kappa shape index (κ2) is 22.1. The fraction of sp³-hybridized carbons (Fsp3) is 0.514. The lowest BCUT2D eigenvalue weighted by molar-refractivity contribution is -0.138. The van der Waals surface area contributed by atoms with Crippen LogP contribution >= 0.6 is 11.6 Å². The number of nitrogens with zero attached hydrogens (tertiary/aromatic N) is 4. The zero-order valence-electron chi connectivity index (χ0n) is 29.0. The van der Waals surface area contributed by atoms with Crippen molar-refractivity contribution in [2.24, 2.45) is 4.99 Å². The number of ether oxygens (including phenoxy) is 7. The molecule has 0 radical (unpaired) electrons. The maximum Gasteiger partial charge on any atom is 0.305 e. The maximum atomic E-state index is 13.1. The molecule has 1 aliphatic heterocycles. The van der Waals surface area contributed by atoms with Gasteiger partial charge in [0.05, 0.1) is 111 Å².